The first-order valence-corrected chi connectivity index (χ1v) is 14.3. The van der Waals surface area contributed by atoms with E-state index in [1.807, 2.05) is 18.2 Å². The number of benzene rings is 2. The molecule has 2 aromatic heterocycles. The van der Waals surface area contributed by atoms with Crippen LogP contribution >= 0.6 is 0 Å². The van der Waals surface area contributed by atoms with E-state index in [1.165, 1.54) is 24.3 Å². The Hall–Kier alpha value is -4.77. The summed E-state index contributed by atoms with van der Waals surface area (Å²) in [6, 6.07) is 14.7. The van der Waals surface area contributed by atoms with E-state index >= 15 is 0 Å². The van der Waals surface area contributed by atoms with Crippen molar-refractivity contribution in [2.45, 2.75) is 39.0 Å². The molecule has 1 N–H and O–H groups in total. The minimum absolute atomic E-state index is 0.0751. The molecule has 1 fully saturated rings. The number of carbonyl (C=O) groups excluding carboxylic acids is 1. The van der Waals surface area contributed by atoms with E-state index in [0.717, 1.165) is 11.3 Å². The summed E-state index contributed by atoms with van der Waals surface area (Å²) in [4.78, 5) is 26.9. The molecule has 2 aromatic carbocycles. The molecule has 9 nitrogen and oxygen atoms in total. The van der Waals surface area contributed by atoms with Crippen LogP contribution in [0.25, 0.3) is 11.3 Å². The standard InChI is InChI=1S/C33H33F2N5O4/c1-19-17-44-18-20(2)40(19)22-9-11-30(36-14-22)38-27-13-26(31-24(34)6-5-7-25(31)35)37-28-16-39(33(41)32(27)28)15-21-8-10-23(42-3)12-29(21)43-4/h5-14,19-20H,15-18H2,1-4H3,(H,36,37,38)/t19-,20-/m1/s1. The number of nitrogens with zero attached hydrogens (tertiary/aromatic N) is 4. The Morgan fingerprint density at radius 3 is 2.39 bits per heavy atom. The molecule has 2 aliphatic heterocycles. The lowest BCUT2D eigenvalue weighted by atomic mass is 10.1. The molecule has 0 bridgehead atoms. The second kappa shape index (κ2) is 12.1. The van der Waals surface area contributed by atoms with Gasteiger partial charge in [0.05, 0.1) is 80.6 Å². The van der Waals surface area contributed by atoms with Crippen LogP contribution in [0.2, 0.25) is 0 Å². The zero-order valence-electron chi connectivity index (χ0n) is 24.9. The van der Waals surface area contributed by atoms with Gasteiger partial charge in [-0.15, -0.1) is 0 Å². The number of aromatic nitrogens is 2. The molecule has 4 heterocycles. The quantitative estimate of drug-likeness (QED) is 0.265. The van der Waals surface area contributed by atoms with Crippen LogP contribution in [0, 0.1) is 11.6 Å². The number of methoxy groups -OCH3 is 2. The summed E-state index contributed by atoms with van der Waals surface area (Å²) < 4.78 is 46.3. The molecule has 2 atom stereocenters. The molecule has 1 saturated heterocycles. The summed E-state index contributed by atoms with van der Waals surface area (Å²) >= 11 is 0. The van der Waals surface area contributed by atoms with E-state index in [9.17, 15) is 13.6 Å². The molecule has 6 rings (SSSR count). The van der Waals surface area contributed by atoms with Crippen LogP contribution in [-0.2, 0) is 17.8 Å². The Morgan fingerprint density at radius 1 is 0.977 bits per heavy atom. The smallest absolute Gasteiger partial charge is 0.258 e. The first-order valence-electron chi connectivity index (χ1n) is 14.3. The normalized spacial score (nSPS) is 17.9. The van der Waals surface area contributed by atoms with Crippen molar-refractivity contribution in [3.8, 4) is 22.8 Å². The van der Waals surface area contributed by atoms with Crippen LogP contribution in [0.15, 0.2) is 60.8 Å². The summed E-state index contributed by atoms with van der Waals surface area (Å²) in [7, 11) is 3.12. The number of nitrogens with one attached hydrogen (secondary N) is 1. The molecule has 11 heteroatoms. The van der Waals surface area contributed by atoms with Crippen LogP contribution < -0.4 is 19.7 Å². The topological polar surface area (TPSA) is 89.0 Å². The van der Waals surface area contributed by atoms with Crippen molar-refractivity contribution in [3.63, 3.8) is 0 Å². The third kappa shape index (κ3) is 5.50. The average Bonchev–Trinajstić information content (AvgIpc) is 3.32. The molecule has 44 heavy (non-hydrogen) atoms. The summed E-state index contributed by atoms with van der Waals surface area (Å²) in [5.41, 5.74) is 2.61. The number of pyridine rings is 2. The molecule has 0 aliphatic carbocycles. The van der Waals surface area contributed by atoms with Crippen molar-refractivity contribution in [2.24, 2.45) is 0 Å². The van der Waals surface area contributed by atoms with Crippen molar-refractivity contribution in [2.75, 3.05) is 37.7 Å². The number of carbonyl (C=O) groups is 1. The Labute approximate surface area is 254 Å². The number of rotatable bonds is 8. The van der Waals surface area contributed by atoms with E-state index in [0.29, 0.717) is 47.5 Å². The van der Waals surface area contributed by atoms with Crippen molar-refractivity contribution in [1.82, 2.24) is 14.9 Å². The minimum atomic E-state index is -0.747. The van der Waals surface area contributed by atoms with Gasteiger partial charge < -0.3 is 29.3 Å². The minimum Gasteiger partial charge on any atom is -0.497 e. The fourth-order valence-corrected chi connectivity index (χ4v) is 5.91. The number of hydrogen-bond donors (Lipinski definition) is 1. The zero-order chi connectivity index (χ0) is 31.0. The van der Waals surface area contributed by atoms with E-state index < -0.39 is 11.6 Å². The van der Waals surface area contributed by atoms with Gasteiger partial charge in [-0.2, -0.15) is 0 Å². The van der Waals surface area contributed by atoms with Gasteiger partial charge in [0.1, 0.15) is 29.0 Å². The van der Waals surface area contributed by atoms with Crippen molar-refractivity contribution < 1.29 is 27.8 Å². The summed E-state index contributed by atoms with van der Waals surface area (Å²) in [5, 5.41) is 3.23. The van der Waals surface area contributed by atoms with Crippen LogP contribution in [0.4, 0.5) is 26.0 Å². The maximum atomic E-state index is 14.9. The fourth-order valence-electron chi connectivity index (χ4n) is 5.91. The van der Waals surface area contributed by atoms with Crippen LogP contribution in [0.1, 0.15) is 35.5 Å². The van der Waals surface area contributed by atoms with E-state index in [1.54, 1.807) is 37.4 Å². The first-order chi connectivity index (χ1) is 21.3. The fraction of sp³-hybridized carbons (Fsp3) is 0.303. The Bertz CT molecular complexity index is 1670. The Morgan fingerprint density at radius 2 is 1.73 bits per heavy atom. The van der Waals surface area contributed by atoms with Gasteiger partial charge in [-0.25, -0.2) is 18.7 Å². The van der Waals surface area contributed by atoms with Crippen LogP contribution in [-0.4, -0.2) is 60.3 Å². The maximum absolute atomic E-state index is 14.9. The lowest BCUT2D eigenvalue weighted by Gasteiger charge is -2.40. The molecular formula is C33H33F2N5O4. The summed E-state index contributed by atoms with van der Waals surface area (Å²) in [6.45, 7) is 5.83. The zero-order valence-corrected chi connectivity index (χ0v) is 24.9. The van der Waals surface area contributed by atoms with Gasteiger partial charge in [-0.3, -0.25) is 4.79 Å². The number of halogens is 2. The molecule has 0 unspecified atom stereocenters. The SMILES string of the molecule is COc1ccc(CN2Cc3nc(-c4c(F)cccc4F)cc(Nc4ccc(N5[C@H](C)COC[C@H]5C)cn4)c3C2=O)c(OC)c1. The third-order valence-electron chi connectivity index (χ3n) is 7.99. The highest BCUT2D eigenvalue weighted by Gasteiger charge is 2.34. The average molecular weight is 602 g/mol. The van der Waals surface area contributed by atoms with Gasteiger partial charge >= 0.3 is 0 Å². The predicted octanol–water partition coefficient (Wildman–Crippen LogP) is 5.95. The van der Waals surface area contributed by atoms with Gasteiger partial charge in [-0.1, -0.05) is 6.07 Å². The van der Waals surface area contributed by atoms with E-state index in [-0.39, 0.29) is 42.3 Å². The Balaban J connectivity index is 1.36. The van der Waals surface area contributed by atoms with Crippen LogP contribution in [0.5, 0.6) is 11.5 Å². The number of morpholine rings is 1. The number of hydrogen-bond acceptors (Lipinski definition) is 8. The molecule has 0 spiro atoms. The van der Waals surface area contributed by atoms with Gasteiger partial charge in [0, 0.05) is 23.7 Å². The number of ether oxygens (including phenoxy) is 3. The predicted molar refractivity (Wildman–Crippen MR) is 162 cm³/mol. The van der Waals surface area contributed by atoms with Crippen LogP contribution in [0.3, 0.4) is 0 Å². The Kier molecular flexibility index (Phi) is 8.05. The first kappa shape index (κ1) is 29.3. The highest BCUT2D eigenvalue weighted by molar-refractivity contribution is 6.04. The highest BCUT2D eigenvalue weighted by Crippen LogP contribution is 2.37. The van der Waals surface area contributed by atoms with Gasteiger partial charge in [0.25, 0.3) is 5.91 Å². The molecule has 4 aromatic rings. The monoisotopic (exact) mass is 601 g/mol. The molecule has 0 radical (unpaired) electrons. The molecular weight excluding hydrogens is 568 g/mol. The van der Waals surface area contributed by atoms with Gasteiger partial charge in [0.2, 0.25) is 0 Å². The lowest BCUT2D eigenvalue weighted by Crippen LogP contribution is -2.49. The largest absolute Gasteiger partial charge is 0.497 e. The molecule has 0 saturated carbocycles. The highest BCUT2D eigenvalue weighted by atomic mass is 19.1. The molecule has 228 valence electrons. The third-order valence-corrected chi connectivity index (χ3v) is 7.99. The van der Waals surface area contributed by atoms with Crippen molar-refractivity contribution >= 4 is 23.1 Å². The summed E-state index contributed by atoms with van der Waals surface area (Å²) in [6.07, 6.45) is 1.77. The number of amides is 1. The maximum Gasteiger partial charge on any atom is 0.258 e. The second-order valence-electron chi connectivity index (χ2n) is 11.0. The van der Waals surface area contributed by atoms with Crippen molar-refractivity contribution in [3.05, 3.63) is 89.2 Å². The van der Waals surface area contributed by atoms with Gasteiger partial charge in [0.15, 0.2) is 0 Å². The number of fused-ring (bicyclic) bond motifs is 1. The second-order valence-corrected chi connectivity index (χ2v) is 11.0. The molecule has 1 amide bonds. The summed E-state index contributed by atoms with van der Waals surface area (Å²) in [5.74, 6) is -0.101. The molecule has 2 aliphatic rings. The van der Waals surface area contributed by atoms with E-state index in [4.69, 9.17) is 14.2 Å². The van der Waals surface area contributed by atoms with Crippen molar-refractivity contribution in [1.29, 1.82) is 0 Å². The van der Waals surface area contributed by atoms with E-state index in [2.05, 4.69) is 34.0 Å². The lowest BCUT2D eigenvalue weighted by molar-refractivity contribution is 0.0756. The van der Waals surface area contributed by atoms with Gasteiger partial charge in [-0.05, 0) is 56.3 Å². The number of anilines is 3.